The summed E-state index contributed by atoms with van der Waals surface area (Å²) in [6.07, 6.45) is 0. The Labute approximate surface area is 183 Å². The number of carbonyl (C=O) groups is 1. The summed E-state index contributed by atoms with van der Waals surface area (Å²) in [5.41, 5.74) is 1.53. The second-order valence-corrected chi connectivity index (χ2v) is 7.42. The zero-order chi connectivity index (χ0) is 23.0. The SMILES string of the molecule is COC(=O)C1=C(C)NC(C)=C([N+](=O)[O-])C1c1cccc2c(=O)cc(-c3ccccc3)oc12. The lowest BCUT2D eigenvalue weighted by atomic mass is 9.83. The molecule has 1 N–H and O–H groups in total. The van der Waals surface area contributed by atoms with Gasteiger partial charge < -0.3 is 14.5 Å². The maximum Gasteiger partial charge on any atom is 0.336 e. The first-order chi connectivity index (χ1) is 15.3. The van der Waals surface area contributed by atoms with Crippen molar-refractivity contribution in [1.82, 2.24) is 5.32 Å². The Hall–Kier alpha value is -4.20. The van der Waals surface area contributed by atoms with Crippen LogP contribution in [0.3, 0.4) is 0 Å². The maximum atomic E-state index is 12.9. The van der Waals surface area contributed by atoms with Gasteiger partial charge in [0.25, 0.3) is 5.70 Å². The van der Waals surface area contributed by atoms with Gasteiger partial charge in [-0.05, 0) is 19.9 Å². The molecule has 0 radical (unpaired) electrons. The van der Waals surface area contributed by atoms with Crippen molar-refractivity contribution in [1.29, 1.82) is 0 Å². The Balaban J connectivity index is 2.06. The van der Waals surface area contributed by atoms with E-state index in [0.29, 0.717) is 28.3 Å². The van der Waals surface area contributed by atoms with E-state index >= 15 is 0 Å². The number of hydrogen-bond donors (Lipinski definition) is 1. The summed E-state index contributed by atoms with van der Waals surface area (Å²) >= 11 is 0. The Bertz CT molecular complexity index is 1370. The molecule has 1 aliphatic rings. The minimum absolute atomic E-state index is 0.0880. The Morgan fingerprint density at radius 1 is 1.09 bits per heavy atom. The highest BCUT2D eigenvalue weighted by Gasteiger charge is 2.42. The largest absolute Gasteiger partial charge is 0.466 e. The van der Waals surface area contributed by atoms with Gasteiger partial charge in [0.15, 0.2) is 5.43 Å². The topological polar surface area (TPSA) is 112 Å². The third kappa shape index (κ3) is 3.45. The summed E-state index contributed by atoms with van der Waals surface area (Å²) in [5.74, 6) is -1.46. The number of esters is 1. The highest BCUT2D eigenvalue weighted by Crippen LogP contribution is 2.41. The molecule has 0 saturated carbocycles. The van der Waals surface area contributed by atoms with Crippen molar-refractivity contribution in [2.75, 3.05) is 7.11 Å². The van der Waals surface area contributed by atoms with Crippen LogP contribution in [0.2, 0.25) is 0 Å². The number of allylic oxidation sites excluding steroid dienone is 3. The molecule has 2 aromatic carbocycles. The molecule has 1 atom stereocenters. The predicted molar refractivity (Wildman–Crippen MR) is 118 cm³/mol. The molecule has 3 aromatic rings. The maximum absolute atomic E-state index is 12.9. The Morgan fingerprint density at radius 2 is 1.81 bits per heavy atom. The number of methoxy groups -OCH3 is 1. The molecule has 2 heterocycles. The van der Waals surface area contributed by atoms with Gasteiger partial charge in [0.2, 0.25) is 0 Å². The van der Waals surface area contributed by atoms with Crippen molar-refractivity contribution in [3.8, 4) is 11.3 Å². The number of nitrogens with zero attached hydrogens (tertiary/aromatic N) is 1. The number of hydrogen-bond acceptors (Lipinski definition) is 7. The summed E-state index contributed by atoms with van der Waals surface area (Å²) in [4.78, 5) is 37.1. The molecule has 8 nitrogen and oxygen atoms in total. The summed E-state index contributed by atoms with van der Waals surface area (Å²) in [6.45, 7) is 3.22. The van der Waals surface area contributed by atoms with E-state index in [4.69, 9.17) is 9.15 Å². The van der Waals surface area contributed by atoms with Crippen LogP contribution in [0.15, 0.2) is 86.5 Å². The molecule has 0 bridgehead atoms. The van der Waals surface area contributed by atoms with Gasteiger partial charge in [0.1, 0.15) is 17.3 Å². The van der Waals surface area contributed by atoms with Crippen LogP contribution >= 0.6 is 0 Å². The Kier molecular flexibility index (Phi) is 5.36. The lowest BCUT2D eigenvalue weighted by Gasteiger charge is -2.26. The van der Waals surface area contributed by atoms with Gasteiger partial charge in [0, 0.05) is 22.9 Å². The summed E-state index contributed by atoms with van der Waals surface area (Å²) in [5, 5.41) is 15.2. The molecule has 4 rings (SSSR count). The van der Waals surface area contributed by atoms with E-state index in [-0.39, 0.29) is 27.7 Å². The van der Waals surface area contributed by atoms with Crippen molar-refractivity contribution in [3.63, 3.8) is 0 Å². The van der Waals surface area contributed by atoms with Crippen molar-refractivity contribution < 1.29 is 18.9 Å². The average molecular weight is 432 g/mol. The summed E-state index contributed by atoms with van der Waals surface area (Å²) in [7, 11) is 1.22. The monoisotopic (exact) mass is 432 g/mol. The molecule has 1 unspecified atom stereocenters. The fourth-order valence-electron chi connectivity index (χ4n) is 4.08. The van der Waals surface area contributed by atoms with Crippen LogP contribution in [0.1, 0.15) is 25.3 Å². The summed E-state index contributed by atoms with van der Waals surface area (Å²) in [6, 6.07) is 15.3. The van der Waals surface area contributed by atoms with E-state index < -0.39 is 16.8 Å². The molecule has 1 aromatic heterocycles. The third-order valence-electron chi connectivity index (χ3n) is 5.48. The molecular weight excluding hydrogens is 412 g/mol. The van der Waals surface area contributed by atoms with Gasteiger partial charge >= 0.3 is 5.97 Å². The summed E-state index contributed by atoms with van der Waals surface area (Å²) < 4.78 is 11.1. The van der Waals surface area contributed by atoms with Gasteiger partial charge in [0.05, 0.1) is 28.7 Å². The van der Waals surface area contributed by atoms with E-state index in [0.717, 1.165) is 0 Å². The molecule has 8 heteroatoms. The lowest BCUT2D eigenvalue weighted by Crippen LogP contribution is -2.31. The smallest absolute Gasteiger partial charge is 0.336 e. The second-order valence-electron chi connectivity index (χ2n) is 7.42. The predicted octanol–water partition coefficient (Wildman–Crippen LogP) is 4.10. The molecule has 0 spiro atoms. The number of nitrogens with one attached hydrogen (secondary N) is 1. The number of fused-ring (bicyclic) bond motifs is 1. The third-order valence-corrected chi connectivity index (χ3v) is 5.48. The Morgan fingerprint density at radius 3 is 2.47 bits per heavy atom. The normalized spacial score (nSPS) is 16.2. The van der Waals surface area contributed by atoms with Crippen LogP contribution in [-0.2, 0) is 9.53 Å². The van der Waals surface area contributed by atoms with Crippen LogP contribution in [0.5, 0.6) is 0 Å². The molecule has 0 aliphatic carbocycles. The minimum Gasteiger partial charge on any atom is -0.466 e. The molecular formula is C24H20N2O6. The van der Waals surface area contributed by atoms with Crippen LogP contribution in [0.4, 0.5) is 0 Å². The van der Waals surface area contributed by atoms with Crippen LogP contribution in [0.25, 0.3) is 22.3 Å². The fourth-order valence-corrected chi connectivity index (χ4v) is 4.08. The minimum atomic E-state index is -1.09. The van der Waals surface area contributed by atoms with Crippen LogP contribution in [0, 0.1) is 10.1 Å². The van der Waals surface area contributed by atoms with Crippen molar-refractivity contribution in [2.24, 2.45) is 0 Å². The second kappa shape index (κ2) is 8.14. The van der Waals surface area contributed by atoms with Gasteiger partial charge in [-0.1, -0.05) is 42.5 Å². The van der Waals surface area contributed by atoms with E-state index in [1.807, 2.05) is 18.2 Å². The van der Waals surface area contributed by atoms with E-state index in [1.165, 1.54) is 13.2 Å². The molecule has 0 fully saturated rings. The number of nitro groups is 1. The number of dihydropyridines is 1. The van der Waals surface area contributed by atoms with Gasteiger partial charge in [-0.25, -0.2) is 4.79 Å². The highest BCUT2D eigenvalue weighted by atomic mass is 16.6. The van der Waals surface area contributed by atoms with Gasteiger partial charge in [-0.3, -0.25) is 14.9 Å². The number of ether oxygens (including phenoxy) is 1. The molecule has 32 heavy (non-hydrogen) atoms. The number of para-hydroxylation sites is 1. The number of carbonyl (C=O) groups excluding carboxylic acids is 1. The van der Waals surface area contributed by atoms with E-state index in [9.17, 15) is 19.7 Å². The zero-order valence-corrected chi connectivity index (χ0v) is 17.7. The first-order valence-corrected chi connectivity index (χ1v) is 9.87. The first-order valence-electron chi connectivity index (χ1n) is 9.87. The highest BCUT2D eigenvalue weighted by molar-refractivity contribution is 5.94. The van der Waals surface area contributed by atoms with Crippen LogP contribution < -0.4 is 10.7 Å². The molecule has 162 valence electrons. The average Bonchev–Trinajstić information content (AvgIpc) is 2.78. The van der Waals surface area contributed by atoms with Crippen molar-refractivity contribution in [3.05, 3.63) is 103 Å². The standard InChI is InChI=1S/C24H20N2O6/c1-13-20(24(28)31-3)21(22(26(29)30)14(2)25-13)17-11-7-10-16-18(27)12-19(32-23(16)17)15-8-5-4-6-9-15/h4-12,21,25H,1-3H3. The van der Waals surface area contributed by atoms with Gasteiger partial charge in [-0.2, -0.15) is 0 Å². The number of benzene rings is 2. The molecule has 0 amide bonds. The molecule has 1 aliphatic heterocycles. The lowest BCUT2D eigenvalue weighted by molar-refractivity contribution is -0.431. The quantitative estimate of drug-likeness (QED) is 0.375. The van der Waals surface area contributed by atoms with Crippen molar-refractivity contribution >= 4 is 16.9 Å². The van der Waals surface area contributed by atoms with E-state index in [1.54, 1.807) is 44.2 Å². The fraction of sp³-hybridized carbons (Fsp3) is 0.167. The van der Waals surface area contributed by atoms with E-state index in [2.05, 4.69) is 5.32 Å². The van der Waals surface area contributed by atoms with Crippen molar-refractivity contribution in [2.45, 2.75) is 19.8 Å². The first kappa shape index (κ1) is 21.0. The molecule has 0 saturated heterocycles. The van der Waals surface area contributed by atoms with Crippen LogP contribution in [-0.4, -0.2) is 18.0 Å². The zero-order valence-electron chi connectivity index (χ0n) is 17.7. The van der Waals surface area contributed by atoms with Gasteiger partial charge in [-0.15, -0.1) is 0 Å². The number of rotatable bonds is 4.